The van der Waals surface area contributed by atoms with Crippen molar-refractivity contribution in [1.82, 2.24) is 0 Å². The van der Waals surface area contributed by atoms with Crippen molar-refractivity contribution < 1.29 is 32.7 Å². The van der Waals surface area contributed by atoms with Crippen LogP contribution in [0.3, 0.4) is 0 Å². The van der Waals surface area contributed by atoms with Crippen LogP contribution in [-0.4, -0.2) is 0 Å². The van der Waals surface area contributed by atoms with E-state index >= 15 is 0 Å². The maximum Gasteiger partial charge on any atom is 0 e. The van der Waals surface area contributed by atoms with Gasteiger partial charge in [0, 0.05) is 32.7 Å². The molecule has 0 amide bonds. The Balaban J connectivity index is 0.000000500. The molecule has 0 aliphatic heterocycles. The molecule has 55 valence electrons. The summed E-state index contributed by atoms with van der Waals surface area (Å²) in [5.41, 5.74) is 0. The summed E-state index contributed by atoms with van der Waals surface area (Å²) in [4.78, 5) is 0. The maximum atomic E-state index is 2.54. The molecule has 0 nitrogen and oxygen atoms in total. The second-order valence-electron chi connectivity index (χ2n) is 3.31. The third-order valence-corrected chi connectivity index (χ3v) is 2.73. The van der Waals surface area contributed by atoms with Gasteiger partial charge in [-0.05, 0) is 0 Å². The van der Waals surface area contributed by atoms with Crippen molar-refractivity contribution in [3.8, 4) is 0 Å². The predicted octanol–water partition coefficient (Wildman–Crippen LogP) is 2.60. The van der Waals surface area contributed by atoms with E-state index in [1.54, 1.807) is 0 Å². The SMILES string of the molecule is [CH-]1CC[CH-]C2CCCC12.[Y]. The molecule has 2 unspecified atom stereocenters. The first-order chi connectivity index (χ1) is 4.47. The molecule has 0 saturated heterocycles. The maximum absolute atomic E-state index is 2.54. The minimum Gasteiger partial charge on any atom is -0.330 e. The molecule has 2 aliphatic rings. The number of fused-ring (bicyclic) bond motifs is 1. The van der Waals surface area contributed by atoms with E-state index in [4.69, 9.17) is 0 Å². The molecular formula is C9H14Y-2. The molecule has 2 aliphatic carbocycles. The summed E-state index contributed by atoms with van der Waals surface area (Å²) in [6.45, 7) is 0. The van der Waals surface area contributed by atoms with Crippen molar-refractivity contribution in [2.24, 2.45) is 11.8 Å². The van der Waals surface area contributed by atoms with Gasteiger partial charge in [0.05, 0.1) is 0 Å². The van der Waals surface area contributed by atoms with Crippen LogP contribution in [0.5, 0.6) is 0 Å². The summed E-state index contributed by atoms with van der Waals surface area (Å²) in [5, 5.41) is 0. The van der Waals surface area contributed by atoms with Crippen molar-refractivity contribution in [2.45, 2.75) is 32.1 Å². The van der Waals surface area contributed by atoms with Crippen LogP contribution in [-0.2, 0) is 32.7 Å². The van der Waals surface area contributed by atoms with Crippen LogP contribution in [0.1, 0.15) is 32.1 Å². The molecule has 0 aromatic carbocycles. The van der Waals surface area contributed by atoms with Crippen LogP contribution in [0.25, 0.3) is 0 Å². The molecule has 0 aromatic rings. The van der Waals surface area contributed by atoms with Crippen LogP contribution in [0.15, 0.2) is 0 Å². The van der Waals surface area contributed by atoms with E-state index in [9.17, 15) is 0 Å². The third-order valence-electron chi connectivity index (χ3n) is 2.73. The largest absolute Gasteiger partial charge is 0.330 e. The molecule has 2 rings (SSSR count). The summed E-state index contributed by atoms with van der Waals surface area (Å²) in [6, 6.07) is 0. The fourth-order valence-electron chi connectivity index (χ4n) is 2.22. The summed E-state index contributed by atoms with van der Waals surface area (Å²) in [6.07, 6.45) is 12.2. The standard InChI is InChI=1S/C9H14.Y/c1-2-5-9-7-3-6-8(9)4-1;/h4-5,8-9H,1-3,6-7H2;/q-2;. The van der Waals surface area contributed by atoms with Gasteiger partial charge in [0.25, 0.3) is 0 Å². The topological polar surface area (TPSA) is 0 Å². The minimum atomic E-state index is 0. The van der Waals surface area contributed by atoms with E-state index in [0.29, 0.717) is 0 Å². The Morgan fingerprint density at radius 2 is 1.40 bits per heavy atom. The van der Waals surface area contributed by atoms with E-state index in [0.717, 1.165) is 11.8 Å². The van der Waals surface area contributed by atoms with Crippen LogP contribution in [0.4, 0.5) is 0 Å². The third kappa shape index (κ3) is 1.82. The molecule has 1 radical (unpaired) electrons. The summed E-state index contributed by atoms with van der Waals surface area (Å²) in [5.74, 6) is 1.97. The Kier molecular flexibility index (Phi) is 3.87. The molecule has 2 saturated carbocycles. The van der Waals surface area contributed by atoms with Crippen molar-refractivity contribution in [1.29, 1.82) is 0 Å². The average molecular weight is 211 g/mol. The first-order valence-electron chi connectivity index (χ1n) is 4.13. The van der Waals surface area contributed by atoms with Crippen LogP contribution in [0, 0.1) is 24.7 Å². The van der Waals surface area contributed by atoms with Gasteiger partial charge >= 0.3 is 0 Å². The minimum absolute atomic E-state index is 0. The van der Waals surface area contributed by atoms with E-state index < -0.39 is 0 Å². The van der Waals surface area contributed by atoms with Crippen molar-refractivity contribution in [3.63, 3.8) is 0 Å². The molecular weight excluding hydrogens is 197 g/mol. The monoisotopic (exact) mass is 211 g/mol. The Bertz CT molecular complexity index is 88.9. The fraction of sp³-hybridized carbons (Fsp3) is 0.778. The van der Waals surface area contributed by atoms with Crippen molar-refractivity contribution in [2.75, 3.05) is 0 Å². The average Bonchev–Trinajstić information content (AvgIpc) is 2.33. The van der Waals surface area contributed by atoms with Gasteiger partial charge in [0.1, 0.15) is 0 Å². The van der Waals surface area contributed by atoms with E-state index in [1.807, 2.05) is 0 Å². The van der Waals surface area contributed by atoms with Crippen LogP contribution >= 0.6 is 0 Å². The number of hydrogen-bond acceptors (Lipinski definition) is 0. The molecule has 0 N–H and O–H groups in total. The van der Waals surface area contributed by atoms with Crippen molar-refractivity contribution in [3.05, 3.63) is 12.8 Å². The van der Waals surface area contributed by atoms with E-state index in [-0.39, 0.29) is 32.7 Å². The molecule has 1 heteroatoms. The Morgan fingerprint density at radius 3 is 1.90 bits per heavy atom. The summed E-state index contributed by atoms with van der Waals surface area (Å²) >= 11 is 0. The van der Waals surface area contributed by atoms with Gasteiger partial charge in [-0.3, -0.25) is 0 Å². The van der Waals surface area contributed by atoms with Gasteiger partial charge in [-0.1, -0.05) is 19.3 Å². The van der Waals surface area contributed by atoms with Crippen LogP contribution in [0.2, 0.25) is 0 Å². The van der Waals surface area contributed by atoms with Crippen LogP contribution < -0.4 is 0 Å². The van der Waals surface area contributed by atoms with Gasteiger partial charge in [0.2, 0.25) is 0 Å². The molecule has 0 aromatic heterocycles. The second-order valence-corrected chi connectivity index (χ2v) is 3.31. The quantitative estimate of drug-likeness (QED) is 0.540. The Hall–Kier alpha value is 1.10. The normalized spacial score (nSPS) is 38.4. The van der Waals surface area contributed by atoms with Gasteiger partial charge in [0.15, 0.2) is 0 Å². The smallest absolute Gasteiger partial charge is 0 e. The molecule has 10 heavy (non-hydrogen) atoms. The Labute approximate surface area is 89.0 Å². The predicted molar refractivity (Wildman–Crippen MR) is 38.7 cm³/mol. The number of hydrogen-bond donors (Lipinski definition) is 0. The summed E-state index contributed by atoms with van der Waals surface area (Å²) in [7, 11) is 0. The molecule has 0 heterocycles. The van der Waals surface area contributed by atoms with Gasteiger partial charge in [-0.15, -0.1) is 0 Å². The molecule has 2 atom stereocenters. The zero-order valence-electron chi connectivity index (χ0n) is 6.42. The zero-order valence-corrected chi connectivity index (χ0v) is 9.26. The van der Waals surface area contributed by atoms with Crippen molar-refractivity contribution >= 4 is 0 Å². The van der Waals surface area contributed by atoms with Gasteiger partial charge in [-0.2, -0.15) is 11.8 Å². The second kappa shape index (κ2) is 4.21. The Morgan fingerprint density at radius 1 is 0.900 bits per heavy atom. The molecule has 2 fully saturated rings. The molecule has 0 spiro atoms. The van der Waals surface area contributed by atoms with E-state index in [2.05, 4.69) is 12.8 Å². The van der Waals surface area contributed by atoms with Gasteiger partial charge < -0.3 is 12.8 Å². The van der Waals surface area contributed by atoms with E-state index in [1.165, 1.54) is 32.1 Å². The zero-order chi connectivity index (χ0) is 6.10. The van der Waals surface area contributed by atoms with Gasteiger partial charge in [-0.25, -0.2) is 12.8 Å². The molecule has 0 bridgehead atoms. The number of rotatable bonds is 0. The first-order valence-corrected chi connectivity index (χ1v) is 4.13. The summed E-state index contributed by atoms with van der Waals surface area (Å²) < 4.78 is 0. The first kappa shape index (κ1) is 9.19. The fourth-order valence-corrected chi connectivity index (χ4v) is 2.22.